The summed E-state index contributed by atoms with van der Waals surface area (Å²) in [5, 5.41) is 0. The standard InChI is InChI=1S/C27H28F2N6O3/c1-17-22(13-19-5-3-4-6-23(19)38-26(28)29)35-16-20(7-8-24(35)32-17)21-14-30-27(31-15-21)34-11-9-18(10-12-34)25(36)33-37-2/h3-8,14-16,18,26H,9-13H2,1-2H3,(H,33,36). The number of piperidine rings is 1. The van der Waals surface area contributed by atoms with Gasteiger partial charge in [0.15, 0.2) is 0 Å². The molecule has 1 fully saturated rings. The van der Waals surface area contributed by atoms with Gasteiger partial charge in [-0.1, -0.05) is 18.2 Å². The number of nitrogens with zero attached hydrogens (tertiary/aromatic N) is 5. The summed E-state index contributed by atoms with van der Waals surface area (Å²) in [5.41, 5.74) is 7.24. The Kier molecular flexibility index (Phi) is 7.45. The Morgan fingerprint density at radius 3 is 2.55 bits per heavy atom. The molecule has 0 unspecified atom stereocenters. The van der Waals surface area contributed by atoms with Gasteiger partial charge in [0.1, 0.15) is 11.4 Å². The molecule has 11 heteroatoms. The molecule has 1 saturated heterocycles. The summed E-state index contributed by atoms with van der Waals surface area (Å²) in [7, 11) is 1.43. The molecule has 3 aromatic heterocycles. The number of aryl methyl sites for hydroxylation is 1. The first kappa shape index (κ1) is 25.5. The van der Waals surface area contributed by atoms with E-state index in [0.717, 1.165) is 28.2 Å². The molecule has 4 aromatic rings. The zero-order valence-electron chi connectivity index (χ0n) is 21.1. The first-order valence-corrected chi connectivity index (χ1v) is 12.3. The van der Waals surface area contributed by atoms with Gasteiger partial charge in [-0.2, -0.15) is 8.78 Å². The number of imidazole rings is 1. The molecule has 0 atom stereocenters. The normalized spacial score (nSPS) is 14.3. The van der Waals surface area contributed by atoms with Gasteiger partial charge in [0.2, 0.25) is 11.9 Å². The molecule has 4 heterocycles. The largest absolute Gasteiger partial charge is 0.435 e. The van der Waals surface area contributed by atoms with Gasteiger partial charge in [0.25, 0.3) is 0 Å². The first-order valence-electron chi connectivity index (χ1n) is 12.3. The van der Waals surface area contributed by atoms with Gasteiger partial charge in [-0.15, -0.1) is 0 Å². The summed E-state index contributed by atoms with van der Waals surface area (Å²) in [6.07, 6.45) is 7.30. The lowest BCUT2D eigenvalue weighted by atomic mass is 9.96. The highest BCUT2D eigenvalue weighted by atomic mass is 19.3. The number of fused-ring (bicyclic) bond motifs is 1. The molecular formula is C27H28F2N6O3. The molecule has 0 bridgehead atoms. The minimum atomic E-state index is -2.89. The van der Waals surface area contributed by atoms with E-state index in [2.05, 4.69) is 25.3 Å². The van der Waals surface area contributed by atoms with Crippen molar-refractivity contribution in [3.8, 4) is 16.9 Å². The molecule has 1 aliphatic rings. The Morgan fingerprint density at radius 1 is 1.11 bits per heavy atom. The second-order valence-corrected chi connectivity index (χ2v) is 9.16. The van der Waals surface area contributed by atoms with E-state index in [1.165, 1.54) is 7.11 Å². The molecule has 38 heavy (non-hydrogen) atoms. The van der Waals surface area contributed by atoms with E-state index in [4.69, 9.17) is 9.57 Å². The lowest BCUT2D eigenvalue weighted by Crippen LogP contribution is -2.40. The predicted molar refractivity (Wildman–Crippen MR) is 137 cm³/mol. The van der Waals surface area contributed by atoms with Crippen LogP contribution in [0.2, 0.25) is 0 Å². The number of hydrogen-bond donors (Lipinski definition) is 1. The van der Waals surface area contributed by atoms with Gasteiger partial charge in [-0.05, 0) is 38.0 Å². The van der Waals surface area contributed by atoms with Crippen molar-refractivity contribution in [3.63, 3.8) is 0 Å². The molecule has 0 spiro atoms. The molecule has 0 aliphatic carbocycles. The highest BCUT2D eigenvalue weighted by molar-refractivity contribution is 5.77. The summed E-state index contributed by atoms with van der Waals surface area (Å²) in [6, 6.07) is 10.7. The van der Waals surface area contributed by atoms with Crippen LogP contribution in [0.4, 0.5) is 14.7 Å². The molecule has 198 valence electrons. The summed E-state index contributed by atoms with van der Waals surface area (Å²) in [4.78, 5) is 32.6. The van der Waals surface area contributed by atoms with E-state index in [0.29, 0.717) is 43.9 Å². The average molecular weight is 523 g/mol. The second-order valence-electron chi connectivity index (χ2n) is 9.16. The molecule has 1 aromatic carbocycles. The van der Waals surface area contributed by atoms with Gasteiger partial charge < -0.3 is 14.0 Å². The molecule has 1 aliphatic heterocycles. The highest BCUT2D eigenvalue weighted by Crippen LogP contribution is 2.27. The number of aromatic nitrogens is 4. The lowest BCUT2D eigenvalue weighted by Gasteiger charge is -2.31. The number of para-hydroxylation sites is 1. The summed E-state index contributed by atoms with van der Waals surface area (Å²) < 4.78 is 32.5. The van der Waals surface area contributed by atoms with Crippen molar-refractivity contribution in [2.24, 2.45) is 5.92 Å². The number of carbonyl (C=O) groups is 1. The molecule has 1 amide bonds. The molecule has 0 radical (unpaired) electrons. The Balaban J connectivity index is 1.35. The topological polar surface area (TPSA) is 93.9 Å². The molecular weight excluding hydrogens is 494 g/mol. The fourth-order valence-corrected chi connectivity index (χ4v) is 4.80. The number of ether oxygens (including phenoxy) is 1. The number of benzene rings is 1. The highest BCUT2D eigenvalue weighted by Gasteiger charge is 2.26. The first-order chi connectivity index (χ1) is 18.4. The van der Waals surface area contributed by atoms with Crippen molar-refractivity contribution < 1.29 is 23.1 Å². The number of alkyl halides is 2. The van der Waals surface area contributed by atoms with Crippen LogP contribution >= 0.6 is 0 Å². The van der Waals surface area contributed by atoms with Crippen molar-refractivity contribution in [2.45, 2.75) is 32.8 Å². The molecule has 1 N–H and O–H groups in total. The maximum atomic E-state index is 12.9. The van der Waals surface area contributed by atoms with Crippen LogP contribution in [0.15, 0.2) is 55.0 Å². The van der Waals surface area contributed by atoms with Crippen LogP contribution in [-0.4, -0.2) is 52.1 Å². The van der Waals surface area contributed by atoms with Gasteiger partial charge in [0, 0.05) is 66.4 Å². The third-order valence-electron chi connectivity index (χ3n) is 6.79. The Morgan fingerprint density at radius 2 is 1.84 bits per heavy atom. The lowest BCUT2D eigenvalue weighted by molar-refractivity contribution is -0.136. The third kappa shape index (κ3) is 5.42. The van der Waals surface area contributed by atoms with Crippen LogP contribution in [-0.2, 0) is 16.1 Å². The van der Waals surface area contributed by atoms with E-state index < -0.39 is 6.61 Å². The van der Waals surface area contributed by atoms with Crippen LogP contribution in [0, 0.1) is 12.8 Å². The van der Waals surface area contributed by atoms with Gasteiger partial charge in [-0.25, -0.2) is 20.4 Å². The number of pyridine rings is 1. The third-order valence-corrected chi connectivity index (χ3v) is 6.79. The van der Waals surface area contributed by atoms with E-state index in [9.17, 15) is 13.6 Å². The molecule has 0 saturated carbocycles. The minimum Gasteiger partial charge on any atom is -0.435 e. The van der Waals surface area contributed by atoms with Crippen molar-refractivity contribution in [1.82, 2.24) is 24.8 Å². The second kappa shape index (κ2) is 11.1. The number of halogens is 2. The number of amides is 1. The molecule has 9 nitrogen and oxygen atoms in total. The quantitative estimate of drug-likeness (QED) is 0.347. The number of nitrogens with one attached hydrogen (secondary N) is 1. The SMILES string of the molecule is CONC(=O)C1CCN(c2ncc(-c3ccc4nc(C)c(Cc5ccccc5OC(F)F)n4c3)cn2)CC1. The number of hydrogen-bond acceptors (Lipinski definition) is 7. The zero-order chi connectivity index (χ0) is 26.6. The smallest absolute Gasteiger partial charge is 0.387 e. The van der Waals surface area contributed by atoms with Crippen molar-refractivity contribution >= 4 is 17.5 Å². The Labute approximate surface area is 218 Å². The molecule has 5 rings (SSSR count). The monoisotopic (exact) mass is 522 g/mol. The van der Waals surface area contributed by atoms with Gasteiger partial charge in [0.05, 0.1) is 12.8 Å². The minimum absolute atomic E-state index is 0.0843. The average Bonchev–Trinajstić information content (AvgIpc) is 3.24. The number of anilines is 1. The zero-order valence-corrected chi connectivity index (χ0v) is 21.1. The van der Waals surface area contributed by atoms with Crippen LogP contribution in [0.1, 0.15) is 29.8 Å². The van der Waals surface area contributed by atoms with Gasteiger partial charge >= 0.3 is 6.61 Å². The number of carbonyl (C=O) groups excluding carboxylic acids is 1. The summed E-state index contributed by atoms with van der Waals surface area (Å²) in [5.74, 6) is 0.590. The van der Waals surface area contributed by atoms with Gasteiger partial charge in [-0.3, -0.25) is 9.63 Å². The summed E-state index contributed by atoms with van der Waals surface area (Å²) >= 11 is 0. The van der Waals surface area contributed by atoms with E-state index in [1.54, 1.807) is 36.7 Å². The Bertz CT molecular complexity index is 1420. The fraction of sp³-hybridized carbons (Fsp3) is 0.333. The van der Waals surface area contributed by atoms with Crippen molar-refractivity contribution in [2.75, 3.05) is 25.1 Å². The van der Waals surface area contributed by atoms with Crippen LogP contribution in [0.25, 0.3) is 16.8 Å². The Hall–Kier alpha value is -4.12. The van der Waals surface area contributed by atoms with Crippen LogP contribution < -0.4 is 15.1 Å². The number of hydroxylamine groups is 1. The van der Waals surface area contributed by atoms with E-state index in [-0.39, 0.29) is 17.6 Å². The maximum absolute atomic E-state index is 12.9. The summed E-state index contributed by atoms with van der Waals surface area (Å²) in [6.45, 7) is 0.372. The van der Waals surface area contributed by atoms with E-state index in [1.807, 2.05) is 29.7 Å². The number of rotatable bonds is 8. The fourth-order valence-electron chi connectivity index (χ4n) is 4.80. The van der Waals surface area contributed by atoms with Crippen molar-refractivity contribution in [3.05, 3.63) is 71.9 Å². The van der Waals surface area contributed by atoms with E-state index >= 15 is 0 Å². The van der Waals surface area contributed by atoms with Crippen LogP contribution in [0.5, 0.6) is 5.75 Å². The maximum Gasteiger partial charge on any atom is 0.387 e. The van der Waals surface area contributed by atoms with Crippen molar-refractivity contribution in [1.29, 1.82) is 0 Å². The predicted octanol–water partition coefficient (Wildman–Crippen LogP) is 4.19. The van der Waals surface area contributed by atoms with Crippen LogP contribution in [0.3, 0.4) is 0 Å².